The van der Waals surface area contributed by atoms with Gasteiger partial charge in [-0.25, -0.2) is 0 Å². The number of ether oxygens (including phenoxy) is 3. The van der Waals surface area contributed by atoms with Crippen LogP contribution in [0.1, 0.15) is 30.9 Å². The third-order valence-electron chi connectivity index (χ3n) is 4.80. The summed E-state index contributed by atoms with van der Waals surface area (Å²) in [6.07, 6.45) is 0. The molecule has 0 radical (unpaired) electrons. The Morgan fingerprint density at radius 2 is 1.75 bits per heavy atom. The van der Waals surface area contributed by atoms with Crippen LogP contribution in [0.5, 0.6) is 17.2 Å². The molecule has 3 atom stereocenters. The van der Waals surface area contributed by atoms with Gasteiger partial charge in [0.05, 0.1) is 10.0 Å². The SMILES string of the molecule is C[C@H]1[C@@H](c2ccc(Cl)c(Cl)c2)c2cc3c(cc2O[C@@]1(C)O)OCO3. The molecule has 0 saturated carbocycles. The van der Waals surface area contributed by atoms with E-state index in [2.05, 4.69) is 0 Å². The molecule has 2 heterocycles. The van der Waals surface area contributed by atoms with E-state index in [1.54, 1.807) is 19.1 Å². The quantitative estimate of drug-likeness (QED) is 0.801. The Kier molecular flexibility index (Phi) is 3.60. The molecule has 4 nitrogen and oxygen atoms in total. The van der Waals surface area contributed by atoms with Crippen molar-refractivity contribution in [3.8, 4) is 17.2 Å². The number of fused-ring (bicyclic) bond motifs is 2. The summed E-state index contributed by atoms with van der Waals surface area (Å²) in [5.74, 6) is 0.231. The summed E-state index contributed by atoms with van der Waals surface area (Å²) >= 11 is 12.2. The minimum Gasteiger partial charge on any atom is -0.462 e. The summed E-state index contributed by atoms with van der Waals surface area (Å²) in [6, 6.07) is 9.20. The normalized spacial score (nSPS) is 27.5. The minimum absolute atomic E-state index is 0.118. The number of hydrogen-bond acceptors (Lipinski definition) is 4. The van der Waals surface area contributed by atoms with Crippen molar-refractivity contribution in [3.63, 3.8) is 0 Å². The highest BCUT2D eigenvalue weighted by Gasteiger charge is 2.44. The summed E-state index contributed by atoms with van der Waals surface area (Å²) in [5, 5.41) is 11.7. The monoisotopic (exact) mass is 366 g/mol. The largest absolute Gasteiger partial charge is 0.462 e. The molecule has 2 aliphatic heterocycles. The first-order valence-corrected chi connectivity index (χ1v) is 8.42. The smallest absolute Gasteiger partial charge is 0.231 e. The summed E-state index contributed by atoms with van der Waals surface area (Å²) in [7, 11) is 0. The molecule has 24 heavy (non-hydrogen) atoms. The Morgan fingerprint density at radius 3 is 2.46 bits per heavy atom. The lowest BCUT2D eigenvalue weighted by molar-refractivity contribution is -0.171. The van der Waals surface area contributed by atoms with Gasteiger partial charge >= 0.3 is 0 Å². The molecule has 126 valence electrons. The molecule has 0 amide bonds. The molecule has 0 fully saturated rings. The first-order valence-electron chi connectivity index (χ1n) is 7.66. The summed E-state index contributed by atoms with van der Waals surface area (Å²) in [4.78, 5) is 0. The van der Waals surface area contributed by atoms with Gasteiger partial charge in [-0.3, -0.25) is 0 Å². The number of rotatable bonds is 1. The maximum absolute atomic E-state index is 10.7. The molecular formula is C18H16Cl2O4. The predicted molar refractivity (Wildman–Crippen MR) is 91.3 cm³/mol. The highest BCUT2D eigenvalue weighted by molar-refractivity contribution is 6.42. The summed E-state index contributed by atoms with van der Waals surface area (Å²) in [6.45, 7) is 3.79. The van der Waals surface area contributed by atoms with Crippen LogP contribution in [0, 0.1) is 5.92 Å². The second-order valence-corrected chi connectivity index (χ2v) is 7.15. The van der Waals surface area contributed by atoms with Gasteiger partial charge in [0.2, 0.25) is 12.6 Å². The molecule has 0 aliphatic carbocycles. The molecule has 0 aromatic heterocycles. The highest BCUT2D eigenvalue weighted by Crippen LogP contribution is 2.51. The van der Waals surface area contributed by atoms with Crippen LogP contribution < -0.4 is 14.2 Å². The van der Waals surface area contributed by atoms with Gasteiger partial charge in [0.25, 0.3) is 0 Å². The van der Waals surface area contributed by atoms with Gasteiger partial charge in [-0.15, -0.1) is 0 Å². The third-order valence-corrected chi connectivity index (χ3v) is 5.54. The number of halogens is 2. The number of aliphatic hydroxyl groups is 1. The number of hydrogen-bond donors (Lipinski definition) is 1. The first kappa shape index (κ1) is 15.9. The molecule has 2 aromatic rings. The van der Waals surface area contributed by atoms with Crippen molar-refractivity contribution in [2.24, 2.45) is 5.92 Å². The molecule has 2 aromatic carbocycles. The van der Waals surface area contributed by atoms with Gasteiger partial charge in [0.15, 0.2) is 11.5 Å². The lowest BCUT2D eigenvalue weighted by Crippen LogP contribution is -2.45. The molecule has 0 bridgehead atoms. The van der Waals surface area contributed by atoms with E-state index >= 15 is 0 Å². The van der Waals surface area contributed by atoms with E-state index in [4.69, 9.17) is 37.4 Å². The van der Waals surface area contributed by atoms with Gasteiger partial charge in [-0.05, 0) is 23.8 Å². The molecule has 2 aliphatic rings. The Bertz CT molecular complexity index is 819. The van der Waals surface area contributed by atoms with E-state index in [1.807, 2.05) is 25.1 Å². The molecular weight excluding hydrogens is 351 g/mol. The Labute approximate surface area is 149 Å². The Balaban J connectivity index is 1.90. The molecule has 0 saturated heterocycles. The van der Waals surface area contributed by atoms with Crippen LogP contribution in [-0.4, -0.2) is 17.7 Å². The van der Waals surface area contributed by atoms with E-state index in [-0.39, 0.29) is 18.6 Å². The van der Waals surface area contributed by atoms with Crippen LogP contribution >= 0.6 is 23.2 Å². The van der Waals surface area contributed by atoms with Crippen molar-refractivity contribution >= 4 is 23.2 Å². The van der Waals surface area contributed by atoms with Crippen molar-refractivity contribution < 1.29 is 19.3 Å². The van der Waals surface area contributed by atoms with Crippen molar-refractivity contribution in [2.45, 2.75) is 25.6 Å². The zero-order chi connectivity index (χ0) is 17.1. The zero-order valence-corrected chi connectivity index (χ0v) is 14.7. The maximum atomic E-state index is 10.7. The third kappa shape index (κ3) is 2.41. The van der Waals surface area contributed by atoms with Gasteiger partial charge in [0, 0.05) is 30.4 Å². The Morgan fingerprint density at radius 1 is 1.04 bits per heavy atom. The minimum atomic E-state index is -1.32. The van der Waals surface area contributed by atoms with Crippen LogP contribution in [0.4, 0.5) is 0 Å². The van der Waals surface area contributed by atoms with E-state index in [0.29, 0.717) is 27.3 Å². The molecule has 0 spiro atoms. The average Bonchev–Trinajstić information content (AvgIpc) is 2.97. The summed E-state index contributed by atoms with van der Waals surface area (Å²) in [5.41, 5.74) is 1.89. The lowest BCUT2D eigenvalue weighted by Gasteiger charge is -2.42. The van der Waals surface area contributed by atoms with Crippen LogP contribution in [-0.2, 0) is 0 Å². The fourth-order valence-electron chi connectivity index (χ4n) is 3.34. The lowest BCUT2D eigenvalue weighted by atomic mass is 9.75. The van der Waals surface area contributed by atoms with E-state index in [9.17, 15) is 5.11 Å². The van der Waals surface area contributed by atoms with Crippen LogP contribution in [0.25, 0.3) is 0 Å². The Hall–Kier alpha value is -1.62. The standard InChI is InChI=1S/C18H16Cl2O4/c1-9-17(10-3-4-12(19)13(20)5-10)11-6-15-16(23-8-22-15)7-14(11)24-18(9,2)21/h3-7,9,17,21H,8H2,1-2H3/t9-,17-,18+/m0/s1. The fourth-order valence-corrected chi connectivity index (χ4v) is 3.65. The zero-order valence-electron chi connectivity index (χ0n) is 13.2. The van der Waals surface area contributed by atoms with Gasteiger partial charge in [0.1, 0.15) is 5.75 Å². The maximum Gasteiger partial charge on any atom is 0.231 e. The van der Waals surface area contributed by atoms with Gasteiger partial charge in [-0.2, -0.15) is 0 Å². The van der Waals surface area contributed by atoms with E-state index < -0.39 is 5.79 Å². The second kappa shape index (κ2) is 5.45. The molecule has 0 unspecified atom stereocenters. The van der Waals surface area contributed by atoms with Crippen molar-refractivity contribution in [1.29, 1.82) is 0 Å². The predicted octanol–water partition coefficient (Wildman–Crippen LogP) is 4.59. The van der Waals surface area contributed by atoms with Crippen molar-refractivity contribution in [2.75, 3.05) is 6.79 Å². The van der Waals surface area contributed by atoms with Crippen LogP contribution in [0.3, 0.4) is 0 Å². The first-order chi connectivity index (χ1) is 11.4. The molecule has 4 rings (SSSR count). The van der Waals surface area contributed by atoms with Gasteiger partial charge < -0.3 is 19.3 Å². The highest BCUT2D eigenvalue weighted by atomic mass is 35.5. The van der Waals surface area contributed by atoms with E-state index in [0.717, 1.165) is 11.1 Å². The second-order valence-electron chi connectivity index (χ2n) is 6.34. The summed E-state index contributed by atoms with van der Waals surface area (Å²) < 4.78 is 16.7. The topological polar surface area (TPSA) is 47.9 Å². The molecule has 1 N–H and O–H groups in total. The number of benzene rings is 2. The average molecular weight is 367 g/mol. The fraction of sp³-hybridized carbons (Fsp3) is 0.333. The van der Waals surface area contributed by atoms with Crippen molar-refractivity contribution in [1.82, 2.24) is 0 Å². The van der Waals surface area contributed by atoms with E-state index in [1.165, 1.54) is 0 Å². The molecule has 6 heteroatoms. The van der Waals surface area contributed by atoms with Crippen LogP contribution in [0.2, 0.25) is 10.0 Å². The van der Waals surface area contributed by atoms with Gasteiger partial charge in [-0.1, -0.05) is 36.2 Å². The van der Waals surface area contributed by atoms with Crippen molar-refractivity contribution in [3.05, 3.63) is 51.5 Å². The van der Waals surface area contributed by atoms with Crippen LogP contribution in [0.15, 0.2) is 30.3 Å².